The second kappa shape index (κ2) is 7.38. The minimum atomic E-state index is -0.299. The van der Waals surface area contributed by atoms with E-state index in [4.69, 9.17) is 4.74 Å². The van der Waals surface area contributed by atoms with Gasteiger partial charge in [-0.05, 0) is 24.7 Å². The van der Waals surface area contributed by atoms with Crippen LogP contribution in [-0.2, 0) is 16.0 Å². The number of methoxy groups -OCH3 is 1. The van der Waals surface area contributed by atoms with Crippen LogP contribution in [0.5, 0.6) is 0 Å². The molecule has 1 atom stereocenters. The molecular formula is C15H22N2O3. The van der Waals surface area contributed by atoms with Crippen LogP contribution in [0.4, 0.5) is 0 Å². The highest BCUT2D eigenvalue weighted by molar-refractivity contribution is 5.89. The Morgan fingerprint density at radius 1 is 1.45 bits per heavy atom. The zero-order valence-electron chi connectivity index (χ0n) is 12.1. The van der Waals surface area contributed by atoms with Crippen molar-refractivity contribution in [3.63, 3.8) is 0 Å². The summed E-state index contributed by atoms with van der Waals surface area (Å²) in [6.45, 7) is 4.36. The number of carbonyl (C=O) groups is 1. The van der Waals surface area contributed by atoms with E-state index in [0.29, 0.717) is 5.56 Å². The fourth-order valence-electron chi connectivity index (χ4n) is 2.32. The fourth-order valence-corrected chi connectivity index (χ4v) is 2.32. The molecule has 1 aliphatic heterocycles. The van der Waals surface area contributed by atoms with E-state index >= 15 is 0 Å². The van der Waals surface area contributed by atoms with Crippen molar-refractivity contribution in [3.05, 3.63) is 35.4 Å². The third-order valence-corrected chi connectivity index (χ3v) is 3.35. The first-order valence-electron chi connectivity index (χ1n) is 6.87. The normalized spacial score (nSPS) is 19.1. The Hall–Kier alpha value is -1.43. The lowest BCUT2D eigenvalue weighted by molar-refractivity contribution is 0.00885. The molecule has 1 fully saturated rings. The summed E-state index contributed by atoms with van der Waals surface area (Å²) in [5.74, 6) is -0.299. The molecule has 0 amide bonds. The van der Waals surface area contributed by atoms with E-state index in [1.807, 2.05) is 12.1 Å². The molecule has 0 aliphatic carbocycles. The van der Waals surface area contributed by atoms with E-state index in [1.165, 1.54) is 12.7 Å². The van der Waals surface area contributed by atoms with Gasteiger partial charge >= 0.3 is 5.97 Å². The monoisotopic (exact) mass is 278 g/mol. The predicted molar refractivity (Wildman–Crippen MR) is 76.7 cm³/mol. The standard InChI is InChI=1S/C15H22N2O3/c1-17(11-14-9-16-7-8-20-14)10-12-3-5-13(6-4-12)15(18)19-2/h3-6,14,16H,7-11H2,1-2H3. The van der Waals surface area contributed by atoms with Crippen molar-refractivity contribution in [2.45, 2.75) is 12.6 Å². The van der Waals surface area contributed by atoms with E-state index in [2.05, 4.69) is 22.0 Å². The van der Waals surface area contributed by atoms with Crippen LogP contribution in [0.3, 0.4) is 0 Å². The minimum absolute atomic E-state index is 0.253. The van der Waals surface area contributed by atoms with Crippen LogP contribution >= 0.6 is 0 Å². The van der Waals surface area contributed by atoms with Crippen LogP contribution in [0, 0.1) is 0 Å². The number of hydrogen-bond donors (Lipinski definition) is 1. The molecule has 1 aromatic carbocycles. The van der Waals surface area contributed by atoms with E-state index < -0.39 is 0 Å². The lowest BCUT2D eigenvalue weighted by Crippen LogP contribution is -2.44. The van der Waals surface area contributed by atoms with Crippen molar-refractivity contribution in [1.29, 1.82) is 0 Å². The van der Waals surface area contributed by atoms with Crippen molar-refractivity contribution in [3.8, 4) is 0 Å². The van der Waals surface area contributed by atoms with Crippen LogP contribution in [-0.4, -0.2) is 57.4 Å². The molecule has 5 nitrogen and oxygen atoms in total. The third kappa shape index (κ3) is 4.30. The van der Waals surface area contributed by atoms with Crippen LogP contribution in [0.15, 0.2) is 24.3 Å². The summed E-state index contributed by atoms with van der Waals surface area (Å²) >= 11 is 0. The average Bonchev–Trinajstić information content (AvgIpc) is 2.48. The van der Waals surface area contributed by atoms with Gasteiger partial charge in [0.05, 0.1) is 25.4 Å². The van der Waals surface area contributed by atoms with Crippen LogP contribution < -0.4 is 5.32 Å². The number of rotatable bonds is 5. The van der Waals surface area contributed by atoms with Crippen molar-refractivity contribution in [2.75, 3.05) is 40.4 Å². The number of ether oxygens (including phenoxy) is 2. The molecule has 1 aliphatic rings. The smallest absolute Gasteiger partial charge is 0.337 e. The van der Waals surface area contributed by atoms with Crippen LogP contribution in [0.1, 0.15) is 15.9 Å². The second-order valence-electron chi connectivity index (χ2n) is 5.08. The zero-order valence-corrected chi connectivity index (χ0v) is 12.1. The molecule has 110 valence electrons. The Labute approximate surface area is 119 Å². The van der Waals surface area contributed by atoms with Gasteiger partial charge in [0.1, 0.15) is 0 Å². The van der Waals surface area contributed by atoms with E-state index in [-0.39, 0.29) is 12.1 Å². The summed E-state index contributed by atoms with van der Waals surface area (Å²) in [6, 6.07) is 7.52. The van der Waals surface area contributed by atoms with Crippen molar-refractivity contribution < 1.29 is 14.3 Å². The largest absolute Gasteiger partial charge is 0.465 e. The molecule has 2 rings (SSSR count). The molecule has 1 unspecified atom stereocenters. The van der Waals surface area contributed by atoms with Crippen LogP contribution in [0.25, 0.3) is 0 Å². The molecule has 1 heterocycles. The SMILES string of the molecule is COC(=O)c1ccc(CN(C)CC2CNCCO2)cc1. The molecule has 1 aromatic rings. The molecule has 1 N–H and O–H groups in total. The molecule has 0 radical (unpaired) electrons. The lowest BCUT2D eigenvalue weighted by atomic mass is 10.1. The number of carbonyl (C=O) groups excluding carboxylic acids is 1. The first-order valence-corrected chi connectivity index (χ1v) is 6.87. The molecule has 5 heteroatoms. The third-order valence-electron chi connectivity index (χ3n) is 3.35. The predicted octanol–water partition coefficient (Wildman–Crippen LogP) is 0.893. The Morgan fingerprint density at radius 2 is 2.20 bits per heavy atom. The fraction of sp³-hybridized carbons (Fsp3) is 0.533. The first-order chi connectivity index (χ1) is 9.69. The molecular weight excluding hydrogens is 256 g/mol. The Balaban J connectivity index is 1.84. The van der Waals surface area contributed by atoms with Gasteiger partial charge in [0, 0.05) is 26.2 Å². The van der Waals surface area contributed by atoms with Gasteiger partial charge in [-0.3, -0.25) is 4.90 Å². The molecule has 20 heavy (non-hydrogen) atoms. The topological polar surface area (TPSA) is 50.8 Å². The lowest BCUT2D eigenvalue weighted by Gasteiger charge is -2.28. The summed E-state index contributed by atoms with van der Waals surface area (Å²) in [6.07, 6.45) is 0.253. The summed E-state index contributed by atoms with van der Waals surface area (Å²) in [7, 11) is 3.47. The van der Waals surface area contributed by atoms with Gasteiger partial charge in [0.2, 0.25) is 0 Å². The summed E-state index contributed by atoms with van der Waals surface area (Å²) in [5.41, 5.74) is 1.75. The quantitative estimate of drug-likeness (QED) is 0.811. The maximum atomic E-state index is 11.4. The van der Waals surface area contributed by atoms with E-state index in [9.17, 15) is 4.79 Å². The maximum absolute atomic E-state index is 11.4. The molecule has 1 saturated heterocycles. The number of nitrogens with one attached hydrogen (secondary N) is 1. The number of nitrogens with zero attached hydrogens (tertiary/aromatic N) is 1. The summed E-state index contributed by atoms with van der Waals surface area (Å²) in [5, 5.41) is 3.33. The van der Waals surface area contributed by atoms with Gasteiger partial charge in [-0.1, -0.05) is 12.1 Å². The highest BCUT2D eigenvalue weighted by Gasteiger charge is 2.15. The van der Waals surface area contributed by atoms with Gasteiger partial charge < -0.3 is 14.8 Å². The van der Waals surface area contributed by atoms with Gasteiger partial charge in [0.15, 0.2) is 0 Å². The Morgan fingerprint density at radius 3 is 2.80 bits per heavy atom. The summed E-state index contributed by atoms with van der Waals surface area (Å²) in [4.78, 5) is 13.6. The minimum Gasteiger partial charge on any atom is -0.465 e. The molecule has 0 saturated carbocycles. The van der Waals surface area contributed by atoms with E-state index in [1.54, 1.807) is 12.1 Å². The number of benzene rings is 1. The maximum Gasteiger partial charge on any atom is 0.337 e. The zero-order chi connectivity index (χ0) is 14.4. The number of esters is 1. The van der Waals surface area contributed by atoms with Crippen molar-refractivity contribution in [2.24, 2.45) is 0 Å². The Bertz CT molecular complexity index is 427. The highest BCUT2D eigenvalue weighted by atomic mass is 16.5. The van der Waals surface area contributed by atoms with Gasteiger partial charge in [-0.25, -0.2) is 4.79 Å². The van der Waals surface area contributed by atoms with Gasteiger partial charge in [0.25, 0.3) is 0 Å². The number of likely N-dealkylation sites (N-methyl/N-ethyl adjacent to an activating group) is 1. The highest BCUT2D eigenvalue weighted by Crippen LogP contribution is 2.09. The Kier molecular flexibility index (Phi) is 5.52. The number of hydrogen-bond acceptors (Lipinski definition) is 5. The van der Waals surface area contributed by atoms with Crippen molar-refractivity contribution in [1.82, 2.24) is 10.2 Å². The molecule has 0 bridgehead atoms. The first kappa shape index (κ1) is 15.0. The molecule has 0 spiro atoms. The van der Waals surface area contributed by atoms with Gasteiger partial charge in [-0.15, -0.1) is 0 Å². The average molecular weight is 278 g/mol. The van der Waals surface area contributed by atoms with E-state index in [0.717, 1.165) is 32.8 Å². The summed E-state index contributed by atoms with van der Waals surface area (Å²) < 4.78 is 10.4. The number of morpholine rings is 1. The second-order valence-corrected chi connectivity index (χ2v) is 5.08. The molecule has 0 aromatic heterocycles. The van der Waals surface area contributed by atoms with Crippen molar-refractivity contribution >= 4 is 5.97 Å². The van der Waals surface area contributed by atoms with Gasteiger partial charge in [-0.2, -0.15) is 0 Å². The van der Waals surface area contributed by atoms with Crippen LogP contribution in [0.2, 0.25) is 0 Å².